The molecule has 0 atom stereocenters. The molecule has 0 bridgehead atoms. The lowest BCUT2D eigenvalue weighted by Gasteiger charge is -2.10. The van der Waals surface area contributed by atoms with Gasteiger partial charge in [0.2, 0.25) is 0 Å². The van der Waals surface area contributed by atoms with Crippen LogP contribution >= 0.6 is 0 Å². The van der Waals surface area contributed by atoms with Gasteiger partial charge in [0.15, 0.2) is 0 Å². The fraction of sp³-hybridized carbons (Fsp3) is 0.200. The molecule has 1 heterocycles. The summed E-state index contributed by atoms with van der Waals surface area (Å²) in [5.41, 5.74) is 0.709. The normalized spacial score (nSPS) is 9.95. The van der Waals surface area contributed by atoms with Gasteiger partial charge in [0.05, 0.1) is 30.7 Å². The number of urea groups is 1. The molecule has 0 saturated carbocycles. The van der Waals surface area contributed by atoms with Gasteiger partial charge in [-0.05, 0) is 31.2 Å². The first-order valence-corrected chi connectivity index (χ1v) is 6.54. The summed E-state index contributed by atoms with van der Waals surface area (Å²) in [6.45, 7) is 2.27. The number of carbonyl (C=O) groups is 2. The molecule has 2 rings (SSSR count). The van der Waals surface area contributed by atoms with Crippen molar-refractivity contribution in [1.29, 1.82) is 0 Å². The minimum Gasteiger partial charge on any atom is -0.467 e. The maximum Gasteiger partial charge on any atom is 0.340 e. The third-order valence-corrected chi connectivity index (χ3v) is 2.67. The second-order valence-corrected chi connectivity index (χ2v) is 4.15. The van der Waals surface area contributed by atoms with E-state index in [9.17, 15) is 9.59 Å². The van der Waals surface area contributed by atoms with Crippen LogP contribution < -0.4 is 10.6 Å². The van der Waals surface area contributed by atoms with E-state index < -0.39 is 12.0 Å². The zero-order valence-corrected chi connectivity index (χ0v) is 11.6. The Hall–Kier alpha value is -2.76. The van der Waals surface area contributed by atoms with Crippen LogP contribution in [0.3, 0.4) is 0 Å². The monoisotopic (exact) mass is 288 g/mol. The number of para-hydroxylation sites is 1. The van der Waals surface area contributed by atoms with Gasteiger partial charge in [0.1, 0.15) is 5.76 Å². The number of hydrogen-bond acceptors (Lipinski definition) is 4. The van der Waals surface area contributed by atoms with Crippen molar-refractivity contribution in [2.75, 3.05) is 11.9 Å². The van der Waals surface area contributed by atoms with Crippen molar-refractivity contribution >= 4 is 17.7 Å². The van der Waals surface area contributed by atoms with Crippen LogP contribution in [0, 0.1) is 0 Å². The zero-order valence-electron chi connectivity index (χ0n) is 11.6. The third kappa shape index (κ3) is 4.10. The largest absolute Gasteiger partial charge is 0.467 e. The molecule has 21 heavy (non-hydrogen) atoms. The van der Waals surface area contributed by atoms with Crippen LogP contribution in [-0.2, 0) is 11.3 Å². The van der Waals surface area contributed by atoms with E-state index in [2.05, 4.69) is 10.6 Å². The highest BCUT2D eigenvalue weighted by atomic mass is 16.5. The van der Waals surface area contributed by atoms with Crippen molar-refractivity contribution < 1.29 is 18.7 Å². The maximum absolute atomic E-state index is 11.8. The van der Waals surface area contributed by atoms with E-state index in [-0.39, 0.29) is 13.2 Å². The van der Waals surface area contributed by atoms with E-state index in [1.165, 1.54) is 6.26 Å². The molecule has 0 fully saturated rings. The predicted molar refractivity (Wildman–Crippen MR) is 77.0 cm³/mol. The topological polar surface area (TPSA) is 80.6 Å². The molecule has 110 valence electrons. The van der Waals surface area contributed by atoms with Crippen molar-refractivity contribution in [2.24, 2.45) is 0 Å². The molecular weight excluding hydrogens is 272 g/mol. The van der Waals surface area contributed by atoms with Gasteiger partial charge in [0, 0.05) is 0 Å². The summed E-state index contributed by atoms with van der Waals surface area (Å²) in [5, 5.41) is 5.26. The number of furan rings is 1. The van der Waals surface area contributed by atoms with Crippen LogP contribution in [0.25, 0.3) is 0 Å². The van der Waals surface area contributed by atoms with Crippen LogP contribution in [0.4, 0.5) is 10.5 Å². The Kier molecular flexibility index (Phi) is 4.98. The fourth-order valence-corrected chi connectivity index (χ4v) is 1.73. The average Bonchev–Trinajstić information content (AvgIpc) is 2.99. The summed E-state index contributed by atoms with van der Waals surface area (Å²) in [7, 11) is 0. The van der Waals surface area contributed by atoms with E-state index in [4.69, 9.17) is 9.15 Å². The molecule has 0 radical (unpaired) electrons. The summed E-state index contributed by atoms with van der Waals surface area (Å²) >= 11 is 0. The van der Waals surface area contributed by atoms with Crippen LogP contribution in [0.1, 0.15) is 23.0 Å². The summed E-state index contributed by atoms with van der Waals surface area (Å²) in [5.74, 6) is 0.170. The van der Waals surface area contributed by atoms with Gasteiger partial charge in [-0.15, -0.1) is 0 Å². The Labute approximate surface area is 122 Å². The number of carbonyl (C=O) groups excluding carboxylic acids is 2. The van der Waals surface area contributed by atoms with Gasteiger partial charge in [-0.3, -0.25) is 0 Å². The van der Waals surface area contributed by atoms with Gasteiger partial charge in [-0.2, -0.15) is 0 Å². The molecule has 2 aromatic rings. The number of anilines is 1. The highest BCUT2D eigenvalue weighted by molar-refractivity contribution is 6.00. The molecule has 2 N–H and O–H groups in total. The lowest BCUT2D eigenvalue weighted by molar-refractivity contribution is 0.0527. The number of nitrogens with one attached hydrogen (secondary N) is 2. The average molecular weight is 288 g/mol. The van der Waals surface area contributed by atoms with Crippen LogP contribution in [0.15, 0.2) is 47.1 Å². The first-order chi connectivity index (χ1) is 10.2. The van der Waals surface area contributed by atoms with Crippen molar-refractivity contribution in [3.8, 4) is 0 Å². The van der Waals surface area contributed by atoms with E-state index >= 15 is 0 Å². The van der Waals surface area contributed by atoms with E-state index in [1.54, 1.807) is 43.3 Å². The zero-order chi connectivity index (χ0) is 15.1. The Morgan fingerprint density at radius 3 is 2.71 bits per heavy atom. The molecule has 0 unspecified atom stereocenters. The summed E-state index contributed by atoms with van der Waals surface area (Å²) in [4.78, 5) is 23.6. The smallest absolute Gasteiger partial charge is 0.340 e. The molecule has 0 aliphatic carbocycles. The Morgan fingerprint density at radius 1 is 1.19 bits per heavy atom. The van der Waals surface area contributed by atoms with Crippen LogP contribution in [-0.4, -0.2) is 18.6 Å². The molecule has 6 heteroatoms. The van der Waals surface area contributed by atoms with Crippen molar-refractivity contribution in [2.45, 2.75) is 13.5 Å². The number of benzene rings is 1. The Bertz CT molecular complexity index is 608. The Balaban J connectivity index is 1.98. The fourth-order valence-electron chi connectivity index (χ4n) is 1.73. The molecule has 0 aliphatic heterocycles. The molecule has 1 aromatic carbocycles. The van der Waals surface area contributed by atoms with Crippen molar-refractivity contribution in [3.63, 3.8) is 0 Å². The number of hydrogen-bond donors (Lipinski definition) is 2. The van der Waals surface area contributed by atoms with Crippen molar-refractivity contribution in [1.82, 2.24) is 5.32 Å². The minimum atomic E-state index is -0.473. The lowest BCUT2D eigenvalue weighted by atomic mass is 10.2. The molecule has 6 nitrogen and oxygen atoms in total. The number of amides is 2. The molecule has 2 amide bonds. The van der Waals surface area contributed by atoms with Gasteiger partial charge in [-0.25, -0.2) is 9.59 Å². The second kappa shape index (κ2) is 7.14. The summed E-state index contributed by atoms with van der Waals surface area (Å²) in [6, 6.07) is 9.74. The molecule has 1 aromatic heterocycles. The first kappa shape index (κ1) is 14.6. The van der Waals surface area contributed by atoms with Gasteiger partial charge >= 0.3 is 12.0 Å². The lowest BCUT2D eigenvalue weighted by Crippen LogP contribution is -2.28. The Morgan fingerprint density at radius 2 is 2.00 bits per heavy atom. The van der Waals surface area contributed by atoms with Gasteiger partial charge < -0.3 is 19.8 Å². The molecular formula is C15H16N2O4. The van der Waals surface area contributed by atoms with Gasteiger partial charge in [-0.1, -0.05) is 12.1 Å². The van der Waals surface area contributed by atoms with Gasteiger partial charge in [0.25, 0.3) is 0 Å². The molecule has 0 aliphatic rings. The standard InChI is InChI=1S/C15H16N2O4/c1-2-20-14(18)12-7-3-4-8-13(12)17-15(19)16-10-11-6-5-9-21-11/h3-9H,2,10H2,1H3,(H2,16,17,19). The van der Waals surface area contributed by atoms with E-state index in [0.29, 0.717) is 17.0 Å². The SMILES string of the molecule is CCOC(=O)c1ccccc1NC(=O)NCc1ccco1. The van der Waals surface area contributed by atoms with E-state index in [1.807, 2.05) is 0 Å². The third-order valence-electron chi connectivity index (χ3n) is 2.67. The summed E-state index contributed by atoms with van der Waals surface area (Å²) in [6.07, 6.45) is 1.53. The quantitative estimate of drug-likeness (QED) is 0.829. The van der Waals surface area contributed by atoms with Crippen LogP contribution in [0.5, 0.6) is 0 Å². The number of rotatable bonds is 5. The number of esters is 1. The predicted octanol–water partition coefficient (Wildman–Crippen LogP) is 2.78. The van der Waals surface area contributed by atoms with Crippen molar-refractivity contribution in [3.05, 3.63) is 54.0 Å². The highest BCUT2D eigenvalue weighted by Crippen LogP contribution is 2.16. The number of ether oxygens (including phenoxy) is 1. The summed E-state index contributed by atoms with van der Waals surface area (Å²) < 4.78 is 10.1. The maximum atomic E-state index is 11.8. The van der Waals surface area contributed by atoms with Crippen LogP contribution in [0.2, 0.25) is 0 Å². The highest BCUT2D eigenvalue weighted by Gasteiger charge is 2.13. The molecule has 0 saturated heterocycles. The van der Waals surface area contributed by atoms with E-state index in [0.717, 1.165) is 0 Å². The first-order valence-electron chi connectivity index (χ1n) is 6.54. The minimum absolute atomic E-state index is 0.264. The second-order valence-electron chi connectivity index (χ2n) is 4.15. The molecule has 0 spiro atoms.